The minimum absolute atomic E-state index is 0.498. The van der Waals surface area contributed by atoms with Gasteiger partial charge in [-0.25, -0.2) is 0 Å². The molecule has 0 amide bonds. The Bertz CT molecular complexity index is 327. The van der Waals surface area contributed by atoms with Crippen molar-refractivity contribution in [2.75, 3.05) is 0 Å². The van der Waals surface area contributed by atoms with E-state index in [0.717, 1.165) is 18.3 Å². The normalized spacial score (nSPS) is 18.1. The van der Waals surface area contributed by atoms with Gasteiger partial charge in [0.05, 0.1) is 0 Å². The van der Waals surface area contributed by atoms with Gasteiger partial charge >= 0.3 is 0 Å². The van der Waals surface area contributed by atoms with Crippen LogP contribution in [-0.2, 0) is 4.79 Å². The summed E-state index contributed by atoms with van der Waals surface area (Å²) in [5.74, 6) is 0. The average molecular weight is 219 g/mol. The Kier molecular flexibility index (Phi) is 4.53. The largest absolute Gasteiger partial charge is 0.372 e. The Morgan fingerprint density at radius 2 is 1.81 bits per heavy atom. The van der Waals surface area contributed by atoms with Gasteiger partial charge in [0.15, 0.2) is 0 Å². The Hall–Kier alpha value is -1.31. The molecule has 0 atom stereocenters. The van der Waals surface area contributed by atoms with Crippen LogP contribution in [0.15, 0.2) is 35.6 Å². The first kappa shape index (κ1) is 12.8. The first-order chi connectivity index (χ1) is 7.54. The first-order valence-electron chi connectivity index (χ1n) is 5.86. The van der Waals surface area contributed by atoms with Crippen molar-refractivity contribution < 1.29 is 4.79 Å². The molecule has 0 spiro atoms. The second-order valence-corrected chi connectivity index (χ2v) is 4.70. The average Bonchev–Trinajstić information content (AvgIpc) is 2.25. The molecule has 1 aliphatic rings. The van der Waals surface area contributed by atoms with E-state index in [1.54, 1.807) is 0 Å². The third kappa shape index (κ3) is 3.37. The zero-order valence-electron chi connectivity index (χ0n) is 10.6. The third-order valence-corrected chi connectivity index (χ3v) is 2.71. The molecule has 0 aromatic carbocycles. The van der Waals surface area contributed by atoms with Crippen molar-refractivity contribution in [1.29, 1.82) is 0 Å². The lowest BCUT2D eigenvalue weighted by Gasteiger charge is -2.30. The van der Waals surface area contributed by atoms with Crippen molar-refractivity contribution in [2.24, 2.45) is 0 Å². The summed E-state index contributed by atoms with van der Waals surface area (Å²) in [5, 5.41) is 0. The number of hydrogen-bond acceptors (Lipinski definition) is 2. The van der Waals surface area contributed by atoms with Crippen molar-refractivity contribution in [1.82, 2.24) is 4.90 Å². The van der Waals surface area contributed by atoms with Crippen molar-refractivity contribution in [3.05, 3.63) is 35.6 Å². The molecule has 0 saturated carbocycles. The fraction of sp³-hybridized carbons (Fsp3) is 0.500. The molecule has 2 heteroatoms. The van der Waals surface area contributed by atoms with Crippen LogP contribution >= 0.6 is 0 Å². The number of carbonyl (C=O) groups is 1. The van der Waals surface area contributed by atoms with Gasteiger partial charge in [0.1, 0.15) is 6.29 Å². The highest BCUT2D eigenvalue weighted by Crippen LogP contribution is 2.17. The van der Waals surface area contributed by atoms with Gasteiger partial charge in [-0.3, -0.25) is 4.79 Å². The van der Waals surface area contributed by atoms with Crippen LogP contribution in [0.2, 0.25) is 0 Å². The summed E-state index contributed by atoms with van der Waals surface area (Å²) < 4.78 is 0. The molecule has 2 nitrogen and oxygen atoms in total. The van der Waals surface area contributed by atoms with Gasteiger partial charge in [-0.1, -0.05) is 18.2 Å². The Morgan fingerprint density at radius 3 is 2.19 bits per heavy atom. The summed E-state index contributed by atoms with van der Waals surface area (Å²) in [5.41, 5.74) is 2.03. The lowest BCUT2D eigenvalue weighted by atomic mass is 10.0. The topological polar surface area (TPSA) is 20.3 Å². The molecular weight excluding hydrogens is 198 g/mol. The molecule has 0 aromatic heterocycles. The third-order valence-electron chi connectivity index (χ3n) is 2.71. The van der Waals surface area contributed by atoms with E-state index in [-0.39, 0.29) is 0 Å². The van der Waals surface area contributed by atoms with Crippen molar-refractivity contribution in [3.8, 4) is 0 Å². The molecule has 0 radical (unpaired) electrons. The highest BCUT2D eigenvalue weighted by molar-refractivity contribution is 5.78. The van der Waals surface area contributed by atoms with E-state index in [9.17, 15) is 4.79 Å². The monoisotopic (exact) mass is 219 g/mol. The number of aldehydes is 1. The molecule has 16 heavy (non-hydrogen) atoms. The van der Waals surface area contributed by atoms with Gasteiger partial charge in [0, 0.05) is 23.9 Å². The summed E-state index contributed by atoms with van der Waals surface area (Å²) in [6.45, 7) is 8.76. The Labute approximate surface area is 98.3 Å². The Morgan fingerprint density at radius 1 is 1.19 bits per heavy atom. The number of hydrogen-bond donors (Lipinski definition) is 0. The quantitative estimate of drug-likeness (QED) is 0.677. The maximum absolute atomic E-state index is 10.6. The lowest BCUT2D eigenvalue weighted by molar-refractivity contribution is -0.104. The molecule has 0 fully saturated rings. The smallest absolute Gasteiger partial charge is 0.149 e. The summed E-state index contributed by atoms with van der Waals surface area (Å²) in [7, 11) is 0. The van der Waals surface area contributed by atoms with Crippen LogP contribution < -0.4 is 0 Å². The summed E-state index contributed by atoms with van der Waals surface area (Å²) in [6.07, 6.45) is 9.82. The summed E-state index contributed by atoms with van der Waals surface area (Å²) >= 11 is 0. The number of allylic oxidation sites excluding steroid dienone is 5. The summed E-state index contributed by atoms with van der Waals surface area (Å²) in [6, 6.07) is 0.995. The molecule has 0 N–H and O–H groups in total. The van der Waals surface area contributed by atoms with Crippen molar-refractivity contribution >= 4 is 6.29 Å². The fourth-order valence-electron chi connectivity index (χ4n) is 1.84. The lowest BCUT2D eigenvalue weighted by Crippen LogP contribution is -2.32. The Balaban J connectivity index is 2.75. The summed E-state index contributed by atoms with van der Waals surface area (Å²) in [4.78, 5) is 12.9. The molecule has 0 aliphatic heterocycles. The van der Waals surface area contributed by atoms with E-state index >= 15 is 0 Å². The zero-order chi connectivity index (χ0) is 12.1. The van der Waals surface area contributed by atoms with E-state index in [4.69, 9.17) is 0 Å². The number of nitrogens with zero attached hydrogens (tertiary/aromatic N) is 1. The maximum atomic E-state index is 10.6. The minimum Gasteiger partial charge on any atom is -0.372 e. The van der Waals surface area contributed by atoms with Gasteiger partial charge in [0.25, 0.3) is 0 Å². The van der Waals surface area contributed by atoms with Gasteiger partial charge in [0.2, 0.25) is 0 Å². The molecule has 1 rings (SSSR count). The van der Waals surface area contributed by atoms with Crippen LogP contribution in [0.4, 0.5) is 0 Å². The number of carbonyl (C=O) groups excluding carboxylic acids is 1. The van der Waals surface area contributed by atoms with Crippen LogP contribution in [0.3, 0.4) is 0 Å². The zero-order valence-corrected chi connectivity index (χ0v) is 10.6. The van der Waals surface area contributed by atoms with E-state index < -0.39 is 0 Å². The van der Waals surface area contributed by atoms with E-state index in [2.05, 4.69) is 38.8 Å². The molecule has 0 heterocycles. The van der Waals surface area contributed by atoms with Crippen LogP contribution in [0.25, 0.3) is 0 Å². The van der Waals surface area contributed by atoms with Crippen molar-refractivity contribution in [2.45, 2.75) is 46.2 Å². The molecule has 1 aliphatic carbocycles. The second-order valence-electron chi connectivity index (χ2n) is 4.70. The highest BCUT2D eigenvalue weighted by Gasteiger charge is 2.10. The van der Waals surface area contributed by atoms with E-state index in [0.29, 0.717) is 12.1 Å². The molecule has 0 aromatic rings. The first-order valence-corrected chi connectivity index (χ1v) is 5.86. The predicted molar refractivity (Wildman–Crippen MR) is 68.1 cm³/mol. The minimum atomic E-state index is 0.498. The standard InChI is InChI=1S/C14H21NO/c1-11(2)15(12(3)4)9-13-5-7-14(10-16)8-6-13/h5,7-12H,6H2,1-4H3. The fourth-order valence-corrected chi connectivity index (χ4v) is 1.84. The van der Waals surface area contributed by atoms with E-state index in [1.807, 2.05) is 18.2 Å². The van der Waals surface area contributed by atoms with E-state index in [1.165, 1.54) is 5.57 Å². The molecule has 88 valence electrons. The van der Waals surface area contributed by atoms with Gasteiger partial charge < -0.3 is 4.90 Å². The van der Waals surface area contributed by atoms with Gasteiger partial charge in [-0.15, -0.1) is 0 Å². The SMILES string of the molecule is CC(C)N(C=C1C=CC(C=O)=CC1)C(C)C. The highest BCUT2D eigenvalue weighted by atomic mass is 16.1. The van der Waals surface area contributed by atoms with Crippen LogP contribution in [0, 0.1) is 0 Å². The van der Waals surface area contributed by atoms with Crippen molar-refractivity contribution in [3.63, 3.8) is 0 Å². The van der Waals surface area contributed by atoms with Gasteiger partial charge in [-0.2, -0.15) is 0 Å². The van der Waals surface area contributed by atoms with Crippen LogP contribution in [0.5, 0.6) is 0 Å². The molecule has 0 bridgehead atoms. The molecular formula is C14H21NO. The van der Waals surface area contributed by atoms with Crippen LogP contribution in [-0.4, -0.2) is 23.3 Å². The molecule has 0 saturated heterocycles. The molecule has 0 unspecified atom stereocenters. The maximum Gasteiger partial charge on any atom is 0.149 e. The predicted octanol–water partition coefficient (Wildman–Crippen LogP) is 3.07. The van der Waals surface area contributed by atoms with Crippen LogP contribution in [0.1, 0.15) is 34.1 Å². The van der Waals surface area contributed by atoms with Gasteiger partial charge in [-0.05, 0) is 39.7 Å². The second kappa shape index (κ2) is 5.69. The number of rotatable bonds is 4.